The molecule has 1 saturated heterocycles. The van der Waals surface area contributed by atoms with Crippen LogP contribution in [0.25, 0.3) is 0 Å². The molecule has 2 aliphatic rings. The molecule has 0 N–H and O–H groups in total. The lowest BCUT2D eigenvalue weighted by atomic mass is 9.91. The zero-order chi connectivity index (χ0) is 8.55. The van der Waals surface area contributed by atoms with Crippen LogP contribution in [0.15, 0.2) is 11.8 Å². The van der Waals surface area contributed by atoms with Crippen LogP contribution in [0, 0.1) is 11.8 Å². The van der Waals surface area contributed by atoms with Crippen LogP contribution in [0.4, 0.5) is 0 Å². The van der Waals surface area contributed by atoms with Gasteiger partial charge < -0.3 is 4.74 Å². The van der Waals surface area contributed by atoms with E-state index >= 15 is 0 Å². The summed E-state index contributed by atoms with van der Waals surface area (Å²) in [6, 6.07) is 0. The third-order valence-corrected chi connectivity index (χ3v) is 2.88. The van der Waals surface area contributed by atoms with Crippen LogP contribution in [0.1, 0.15) is 26.2 Å². The van der Waals surface area contributed by atoms with E-state index in [1.807, 2.05) is 6.92 Å². The lowest BCUT2D eigenvalue weighted by Crippen LogP contribution is -2.13. The molecule has 0 aromatic rings. The standard InChI is InChI=1S/C10H14O2/c1-7-8-4-2-3-5-12-10(8)6-9(7)11/h6-8H,2-5H2,1H3. The fourth-order valence-corrected chi connectivity index (χ4v) is 2.02. The van der Waals surface area contributed by atoms with Crippen LogP contribution in [0.2, 0.25) is 0 Å². The summed E-state index contributed by atoms with van der Waals surface area (Å²) in [7, 11) is 0. The molecule has 1 aliphatic heterocycles. The van der Waals surface area contributed by atoms with Gasteiger partial charge in [-0.15, -0.1) is 0 Å². The minimum atomic E-state index is 0.165. The summed E-state index contributed by atoms with van der Waals surface area (Å²) in [6.45, 7) is 2.80. The predicted molar refractivity (Wildman–Crippen MR) is 45.5 cm³/mol. The van der Waals surface area contributed by atoms with E-state index in [9.17, 15) is 4.79 Å². The lowest BCUT2D eigenvalue weighted by Gasteiger charge is -2.14. The monoisotopic (exact) mass is 166 g/mol. The van der Waals surface area contributed by atoms with E-state index in [1.165, 1.54) is 6.42 Å². The fraction of sp³-hybridized carbons (Fsp3) is 0.700. The van der Waals surface area contributed by atoms with Crippen LogP contribution in [-0.4, -0.2) is 12.4 Å². The van der Waals surface area contributed by atoms with Gasteiger partial charge in [-0.2, -0.15) is 0 Å². The van der Waals surface area contributed by atoms with Gasteiger partial charge in [-0.25, -0.2) is 0 Å². The topological polar surface area (TPSA) is 26.3 Å². The molecule has 0 bridgehead atoms. The van der Waals surface area contributed by atoms with Crippen LogP contribution in [0.3, 0.4) is 0 Å². The Morgan fingerprint density at radius 1 is 1.50 bits per heavy atom. The molecule has 0 saturated carbocycles. The first-order valence-electron chi connectivity index (χ1n) is 4.67. The summed E-state index contributed by atoms with van der Waals surface area (Å²) in [4.78, 5) is 11.3. The molecule has 66 valence electrons. The number of hydrogen-bond donors (Lipinski definition) is 0. The average Bonchev–Trinajstić information content (AvgIpc) is 2.30. The van der Waals surface area contributed by atoms with E-state index in [2.05, 4.69) is 0 Å². The highest BCUT2D eigenvalue weighted by molar-refractivity contribution is 5.95. The Balaban J connectivity index is 2.19. The number of hydrogen-bond acceptors (Lipinski definition) is 2. The van der Waals surface area contributed by atoms with Crippen LogP contribution < -0.4 is 0 Å². The third kappa shape index (κ3) is 1.15. The summed E-state index contributed by atoms with van der Waals surface area (Å²) >= 11 is 0. The van der Waals surface area contributed by atoms with Crippen molar-refractivity contribution in [3.8, 4) is 0 Å². The van der Waals surface area contributed by atoms with Gasteiger partial charge in [-0.1, -0.05) is 6.92 Å². The minimum absolute atomic E-state index is 0.165. The molecule has 2 heteroatoms. The van der Waals surface area contributed by atoms with Gasteiger partial charge in [0, 0.05) is 17.9 Å². The Hall–Kier alpha value is -0.790. The van der Waals surface area contributed by atoms with E-state index in [4.69, 9.17) is 4.74 Å². The van der Waals surface area contributed by atoms with Crippen molar-refractivity contribution in [2.45, 2.75) is 26.2 Å². The predicted octanol–water partition coefficient (Wildman–Crippen LogP) is 1.91. The van der Waals surface area contributed by atoms with E-state index in [-0.39, 0.29) is 11.7 Å². The molecule has 0 spiro atoms. The maximum Gasteiger partial charge on any atom is 0.162 e. The van der Waals surface area contributed by atoms with E-state index < -0.39 is 0 Å². The van der Waals surface area contributed by atoms with Gasteiger partial charge >= 0.3 is 0 Å². The summed E-state index contributed by atoms with van der Waals surface area (Å²) in [6.07, 6.45) is 5.15. The molecule has 2 rings (SSSR count). The van der Waals surface area contributed by atoms with Crippen molar-refractivity contribution in [2.75, 3.05) is 6.61 Å². The van der Waals surface area contributed by atoms with Gasteiger partial charge in [0.15, 0.2) is 5.78 Å². The number of carbonyl (C=O) groups is 1. The molecule has 1 fully saturated rings. The number of allylic oxidation sites excluding steroid dienone is 2. The van der Waals surface area contributed by atoms with Crippen molar-refractivity contribution in [3.63, 3.8) is 0 Å². The van der Waals surface area contributed by atoms with Gasteiger partial charge in [0.1, 0.15) is 5.76 Å². The average molecular weight is 166 g/mol. The molecule has 0 radical (unpaired) electrons. The molecule has 12 heavy (non-hydrogen) atoms. The first-order chi connectivity index (χ1) is 5.79. The first-order valence-corrected chi connectivity index (χ1v) is 4.67. The summed E-state index contributed by atoms with van der Waals surface area (Å²) in [5.41, 5.74) is 0. The number of ketones is 1. The number of fused-ring (bicyclic) bond motifs is 1. The molecule has 2 nitrogen and oxygen atoms in total. The van der Waals surface area contributed by atoms with Gasteiger partial charge in [-0.05, 0) is 19.3 Å². The minimum Gasteiger partial charge on any atom is -0.497 e. The molecule has 2 unspecified atom stereocenters. The maximum atomic E-state index is 11.3. The molecule has 0 amide bonds. The third-order valence-electron chi connectivity index (χ3n) is 2.88. The van der Waals surface area contributed by atoms with E-state index in [0.29, 0.717) is 5.92 Å². The van der Waals surface area contributed by atoms with Crippen molar-refractivity contribution in [1.82, 2.24) is 0 Å². The van der Waals surface area contributed by atoms with Crippen molar-refractivity contribution in [2.24, 2.45) is 11.8 Å². The molecule has 2 atom stereocenters. The highest BCUT2D eigenvalue weighted by atomic mass is 16.5. The second-order valence-electron chi connectivity index (χ2n) is 3.69. The van der Waals surface area contributed by atoms with Gasteiger partial charge in [0.25, 0.3) is 0 Å². The second kappa shape index (κ2) is 2.92. The quantitative estimate of drug-likeness (QED) is 0.549. The van der Waals surface area contributed by atoms with E-state index in [0.717, 1.165) is 25.2 Å². The Labute approximate surface area is 72.6 Å². The molecule has 0 aromatic heterocycles. The number of rotatable bonds is 0. The molecule has 1 aliphatic carbocycles. The van der Waals surface area contributed by atoms with Gasteiger partial charge in [-0.3, -0.25) is 4.79 Å². The highest BCUT2D eigenvalue weighted by Gasteiger charge is 2.34. The summed E-state index contributed by atoms with van der Waals surface area (Å²) in [5, 5.41) is 0. The first kappa shape index (κ1) is 7.84. The van der Waals surface area contributed by atoms with Crippen molar-refractivity contribution < 1.29 is 9.53 Å². The molecular formula is C10H14O2. The Morgan fingerprint density at radius 3 is 3.17 bits per heavy atom. The number of carbonyl (C=O) groups excluding carboxylic acids is 1. The Bertz CT molecular complexity index is 230. The largest absolute Gasteiger partial charge is 0.497 e. The molecular weight excluding hydrogens is 152 g/mol. The summed E-state index contributed by atoms with van der Waals surface area (Å²) < 4.78 is 5.51. The maximum absolute atomic E-state index is 11.3. The van der Waals surface area contributed by atoms with E-state index in [1.54, 1.807) is 6.08 Å². The lowest BCUT2D eigenvalue weighted by molar-refractivity contribution is -0.117. The van der Waals surface area contributed by atoms with Gasteiger partial charge in [0.2, 0.25) is 0 Å². The zero-order valence-electron chi connectivity index (χ0n) is 7.38. The smallest absolute Gasteiger partial charge is 0.162 e. The number of ether oxygens (including phenoxy) is 1. The summed E-state index contributed by atoms with van der Waals surface area (Å²) in [5.74, 6) is 1.75. The SMILES string of the molecule is CC1C(=O)C=C2OCCCCC21. The fourth-order valence-electron chi connectivity index (χ4n) is 2.02. The van der Waals surface area contributed by atoms with Gasteiger partial charge in [0.05, 0.1) is 6.61 Å². The van der Waals surface area contributed by atoms with Crippen LogP contribution >= 0.6 is 0 Å². The van der Waals surface area contributed by atoms with Crippen LogP contribution in [-0.2, 0) is 9.53 Å². The zero-order valence-corrected chi connectivity index (χ0v) is 7.38. The second-order valence-corrected chi connectivity index (χ2v) is 3.69. The highest BCUT2D eigenvalue weighted by Crippen LogP contribution is 2.35. The molecule has 0 aromatic carbocycles. The van der Waals surface area contributed by atoms with Crippen molar-refractivity contribution >= 4 is 5.78 Å². The van der Waals surface area contributed by atoms with Crippen molar-refractivity contribution in [1.29, 1.82) is 0 Å². The Kier molecular flexibility index (Phi) is 1.91. The normalized spacial score (nSPS) is 35.1. The Morgan fingerprint density at radius 2 is 2.33 bits per heavy atom. The van der Waals surface area contributed by atoms with Crippen LogP contribution in [0.5, 0.6) is 0 Å². The van der Waals surface area contributed by atoms with Crippen molar-refractivity contribution in [3.05, 3.63) is 11.8 Å². The molecule has 1 heterocycles.